The van der Waals surface area contributed by atoms with Crippen LogP contribution in [0.15, 0.2) is 66.7 Å². The number of benzene rings is 3. The van der Waals surface area contributed by atoms with Crippen LogP contribution in [0, 0.1) is 0 Å². The van der Waals surface area contributed by atoms with Crippen LogP contribution in [0.2, 0.25) is 0 Å². The average molecular weight is 291 g/mol. The molecule has 0 atom stereocenters. The van der Waals surface area contributed by atoms with Crippen molar-refractivity contribution >= 4 is 22.1 Å². The Hall–Kier alpha value is -2.36. The Kier molecular flexibility index (Phi) is 3.51. The van der Waals surface area contributed by atoms with Gasteiger partial charge in [0.05, 0.1) is 13.2 Å². The molecule has 1 N–H and O–H groups in total. The zero-order valence-electron chi connectivity index (χ0n) is 12.2. The van der Waals surface area contributed by atoms with Crippen molar-refractivity contribution in [3.05, 3.63) is 72.3 Å². The molecule has 0 unspecified atom stereocenters. The molecular weight excluding hydrogens is 274 g/mol. The number of fused-ring (bicyclic) bond motifs is 1. The van der Waals surface area contributed by atoms with Crippen LogP contribution < -0.4 is 5.32 Å². The van der Waals surface area contributed by atoms with Gasteiger partial charge in [0.15, 0.2) is 6.29 Å². The summed E-state index contributed by atoms with van der Waals surface area (Å²) in [5.74, 6) is 0. The van der Waals surface area contributed by atoms with Gasteiger partial charge in [0, 0.05) is 22.3 Å². The molecule has 0 radical (unpaired) electrons. The second-order valence-electron chi connectivity index (χ2n) is 5.35. The molecule has 3 aromatic carbocycles. The minimum absolute atomic E-state index is 0.216. The van der Waals surface area contributed by atoms with Crippen LogP contribution in [-0.2, 0) is 9.47 Å². The van der Waals surface area contributed by atoms with Crippen molar-refractivity contribution < 1.29 is 9.47 Å². The van der Waals surface area contributed by atoms with E-state index in [0.717, 1.165) is 16.9 Å². The third kappa shape index (κ3) is 2.56. The first kappa shape index (κ1) is 13.3. The molecule has 1 saturated heterocycles. The predicted octanol–water partition coefficient (Wildman–Crippen LogP) is 4.63. The molecule has 0 aliphatic carbocycles. The molecule has 22 heavy (non-hydrogen) atoms. The first-order valence-electron chi connectivity index (χ1n) is 7.48. The lowest BCUT2D eigenvalue weighted by Gasteiger charge is -2.12. The minimum atomic E-state index is -0.216. The van der Waals surface area contributed by atoms with E-state index in [2.05, 4.69) is 59.9 Å². The fraction of sp³-hybridized carbons (Fsp3) is 0.158. The van der Waals surface area contributed by atoms with Gasteiger partial charge in [-0.15, -0.1) is 0 Å². The van der Waals surface area contributed by atoms with E-state index in [1.165, 1.54) is 10.8 Å². The van der Waals surface area contributed by atoms with Crippen molar-refractivity contribution in [2.75, 3.05) is 18.5 Å². The van der Waals surface area contributed by atoms with Crippen molar-refractivity contribution in [3.8, 4) is 0 Å². The zero-order valence-corrected chi connectivity index (χ0v) is 12.2. The molecule has 0 bridgehead atoms. The highest BCUT2D eigenvalue weighted by Crippen LogP contribution is 2.28. The summed E-state index contributed by atoms with van der Waals surface area (Å²) >= 11 is 0. The van der Waals surface area contributed by atoms with Crippen molar-refractivity contribution in [2.45, 2.75) is 6.29 Å². The maximum atomic E-state index is 5.51. The lowest BCUT2D eigenvalue weighted by Crippen LogP contribution is -1.98. The Labute approximate surface area is 129 Å². The Morgan fingerprint density at radius 2 is 1.50 bits per heavy atom. The topological polar surface area (TPSA) is 30.5 Å². The molecule has 1 fully saturated rings. The number of nitrogens with one attached hydrogen (secondary N) is 1. The second-order valence-corrected chi connectivity index (χ2v) is 5.35. The van der Waals surface area contributed by atoms with Crippen molar-refractivity contribution in [1.29, 1.82) is 0 Å². The Morgan fingerprint density at radius 1 is 0.773 bits per heavy atom. The molecule has 0 spiro atoms. The van der Waals surface area contributed by atoms with E-state index in [4.69, 9.17) is 9.47 Å². The fourth-order valence-electron chi connectivity index (χ4n) is 2.76. The molecular formula is C19H17NO2. The van der Waals surface area contributed by atoms with Gasteiger partial charge in [-0.3, -0.25) is 0 Å². The highest BCUT2D eigenvalue weighted by molar-refractivity contribution is 5.95. The molecule has 1 heterocycles. The third-order valence-corrected chi connectivity index (χ3v) is 3.87. The van der Waals surface area contributed by atoms with Crippen molar-refractivity contribution in [2.24, 2.45) is 0 Å². The van der Waals surface area contributed by atoms with Gasteiger partial charge in [0.25, 0.3) is 0 Å². The quantitative estimate of drug-likeness (QED) is 0.763. The largest absolute Gasteiger partial charge is 0.355 e. The van der Waals surface area contributed by atoms with E-state index < -0.39 is 0 Å². The standard InChI is InChI=1S/C19H17NO2/c1-2-6-17-14(4-1)5-3-7-18(17)20-16-10-8-15(9-11-16)19-21-12-13-22-19/h1-11,19-20H,12-13H2. The molecule has 3 aromatic rings. The lowest BCUT2D eigenvalue weighted by molar-refractivity contribution is -0.0441. The molecule has 3 heteroatoms. The van der Waals surface area contributed by atoms with Crippen LogP contribution >= 0.6 is 0 Å². The van der Waals surface area contributed by atoms with E-state index in [1.54, 1.807) is 0 Å². The minimum Gasteiger partial charge on any atom is -0.355 e. The smallest absolute Gasteiger partial charge is 0.184 e. The second kappa shape index (κ2) is 5.79. The highest BCUT2D eigenvalue weighted by Gasteiger charge is 2.17. The van der Waals surface area contributed by atoms with Gasteiger partial charge in [-0.2, -0.15) is 0 Å². The number of rotatable bonds is 3. The predicted molar refractivity (Wildman–Crippen MR) is 88.3 cm³/mol. The highest BCUT2D eigenvalue weighted by atomic mass is 16.7. The van der Waals surface area contributed by atoms with Gasteiger partial charge >= 0.3 is 0 Å². The Morgan fingerprint density at radius 3 is 2.32 bits per heavy atom. The summed E-state index contributed by atoms with van der Waals surface area (Å²) in [5, 5.41) is 5.94. The average Bonchev–Trinajstić information content (AvgIpc) is 3.10. The summed E-state index contributed by atoms with van der Waals surface area (Å²) in [6, 6.07) is 22.9. The SMILES string of the molecule is c1ccc2c(Nc3ccc(C4OCCO4)cc3)cccc2c1. The number of ether oxygens (including phenoxy) is 2. The molecule has 0 amide bonds. The van der Waals surface area contributed by atoms with Crippen LogP contribution in [0.25, 0.3) is 10.8 Å². The molecule has 1 aliphatic heterocycles. The molecule has 1 aliphatic rings. The molecule has 3 nitrogen and oxygen atoms in total. The first-order valence-corrected chi connectivity index (χ1v) is 7.48. The van der Waals surface area contributed by atoms with E-state index in [9.17, 15) is 0 Å². The summed E-state index contributed by atoms with van der Waals surface area (Å²) in [7, 11) is 0. The lowest BCUT2D eigenvalue weighted by atomic mass is 10.1. The van der Waals surface area contributed by atoms with E-state index in [-0.39, 0.29) is 6.29 Å². The van der Waals surface area contributed by atoms with Gasteiger partial charge in [0.2, 0.25) is 0 Å². The summed E-state index contributed by atoms with van der Waals surface area (Å²) in [5.41, 5.74) is 3.22. The monoisotopic (exact) mass is 291 g/mol. The van der Waals surface area contributed by atoms with Crippen LogP contribution in [0.3, 0.4) is 0 Å². The van der Waals surface area contributed by atoms with E-state index in [1.807, 2.05) is 12.1 Å². The maximum Gasteiger partial charge on any atom is 0.184 e. The van der Waals surface area contributed by atoms with Crippen molar-refractivity contribution in [1.82, 2.24) is 0 Å². The molecule has 110 valence electrons. The molecule has 0 aromatic heterocycles. The van der Waals surface area contributed by atoms with Gasteiger partial charge in [0.1, 0.15) is 0 Å². The van der Waals surface area contributed by atoms with Crippen LogP contribution in [-0.4, -0.2) is 13.2 Å². The number of anilines is 2. The van der Waals surface area contributed by atoms with Gasteiger partial charge in [-0.25, -0.2) is 0 Å². The molecule has 0 saturated carbocycles. The summed E-state index contributed by atoms with van der Waals surface area (Å²) in [6.45, 7) is 1.33. The van der Waals surface area contributed by atoms with Gasteiger partial charge in [-0.1, -0.05) is 48.5 Å². The zero-order chi connectivity index (χ0) is 14.8. The fourth-order valence-corrected chi connectivity index (χ4v) is 2.76. The van der Waals surface area contributed by atoms with Crippen LogP contribution in [0.5, 0.6) is 0 Å². The summed E-state index contributed by atoms with van der Waals surface area (Å²) in [4.78, 5) is 0. The van der Waals surface area contributed by atoms with E-state index >= 15 is 0 Å². The first-order chi connectivity index (χ1) is 10.9. The molecule has 4 rings (SSSR count). The Balaban J connectivity index is 1.59. The van der Waals surface area contributed by atoms with Crippen molar-refractivity contribution in [3.63, 3.8) is 0 Å². The van der Waals surface area contributed by atoms with Crippen LogP contribution in [0.1, 0.15) is 11.9 Å². The van der Waals surface area contributed by atoms with E-state index in [0.29, 0.717) is 13.2 Å². The summed E-state index contributed by atoms with van der Waals surface area (Å²) < 4.78 is 11.0. The third-order valence-electron chi connectivity index (χ3n) is 3.87. The maximum absolute atomic E-state index is 5.51. The summed E-state index contributed by atoms with van der Waals surface area (Å²) in [6.07, 6.45) is -0.216. The van der Waals surface area contributed by atoms with Gasteiger partial charge < -0.3 is 14.8 Å². The normalized spacial score (nSPS) is 15.3. The van der Waals surface area contributed by atoms with Gasteiger partial charge in [-0.05, 0) is 23.6 Å². The van der Waals surface area contributed by atoms with Crippen LogP contribution in [0.4, 0.5) is 11.4 Å². The number of hydrogen-bond donors (Lipinski definition) is 1. The Bertz CT molecular complexity index is 772. The number of hydrogen-bond acceptors (Lipinski definition) is 3.